The SMILES string of the molecule is CCn1c(CNCC2CCS(=O)(=O)C2)nc2ccccc21. The monoisotopic (exact) mass is 307 g/mol. The maximum Gasteiger partial charge on any atom is 0.150 e. The van der Waals surface area contributed by atoms with E-state index < -0.39 is 9.84 Å². The number of para-hydroxylation sites is 2. The molecule has 2 heterocycles. The van der Waals surface area contributed by atoms with Crippen molar-refractivity contribution in [1.29, 1.82) is 0 Å². The van der Waals surface area contributed by atoms with Crippen LogP contribution in [-0.4, -0.2) is 36.0 Å². The maximum absolute atomic E-state index is 11.4. The normalized spacial score (nSPS) is 21.1. The first-order valence-corrected chi connectivity index (χ1v) is 9.26. The Morgan fingerprint density at radius 1 is 1.38 bits per heavy atom. The van der Waals surface area contributed by atoms with Gasteiger partial charge >= 0.3 is 0 Å². The average molecular weight is 307 g/mol. The lowest BCUT2D eigenvalue weighted by Crippen LogP contribution is -2.24. The summed E-state index contributed by atoms with van der Waals surface area (Å²) in [6.45, 7) is 4.42. The lowest BCUT2D eigenvalue weighted by Gasteiger charge is -2.10. The second-order valence-corrected chi connectivity index (χ2v) is 7.89. The summed E-state index contributed by atoms with van der Waals surface area (Å²) in [7, 11) is -2.78. The van der Waals surface area contributed by atoms with Gasteiger partial charge < -0.3 is 9.88 Å². The number of benzene rings is 1. The minimum Gasteiger partial charge on any atom is -0.327 e. The topological polar surface area (TPSA) is 64.0 Å². The van der Waals surface area contributed by atoms with Crippen LogP contribution in [0.1, 0.15) is 19.2 Å². The van der Waals surface area contributed by atoms with E-state index in [1.54, 1.807) is 0 Å². The zero-order chi connectivity index (χ0) is 14.9. The Kier molecular flexibility index (Phi) is 3.99. The van der Waals surface area contributed by atoms with E-state index in [2.05, 4.69) is 27.9 Å². The molecule has 0 radical (unpaired) electrons. The first kappa shape index (κ1) is 14.5. The van der Waals surface area contributed by atoms with Crippen LogP contribution < -0.4 is 5.32 Å². The van der Waals surface area contributed by atoms with Crippen LogP contribution in [0.25, 0.3) is 11.0 Å². The summed E-state index contributed by atoms with van der Waals surface area (Å²) in [6.07, 6.45) is 0.777. The van der Waals surface area contributed by atoms with E-state index in [0.717, 1.165) is 36.4 Å². The molecule has 0 aliphatic carbocycles. The molecule has 21 heavy (non-hydrogen) atoms. The van der Waals surface area contributed by atoms with Gasteiger partial charge in [-0.25, -0.2) is 13.4 Å². The summed E-state index contributed by atoms with van der Waals surface area (Å²) in [5.74, 6) is 1.92. The molecule has 1 atom stereocenters. The number of fused-ring (bicyclic) bond motifs is 1. The zero-order valence-corrected chi connectivity index (χ0v) is 13.1. The molecule has 0 spiro atoms. The van der Waals surface area contributed by atoms with Gasteiger partial charge in [0.05, 0.1) is 29.1 Å². The quantitative estimate of drug-likeness (QED) is 0.911. The van der Waals surface area contributed by atoms with Crippen LogP contribution in [0.2, 0.25) is 0 Å². The molecule has 1 aromatic carbocycles. The highest BCUT2D eigenvalue weighted by molar-refractivity contribution is 7.91. The van der Waals surface area contributed by atoms with E-state index in [1.165, 1.54) is 0 Å². The Bertz CT molecular complexity index is 736. The molecule has 1 N–H and O–H groups in total. The zero-order valence-electron chi connectivity index (χ0n) is 12.2. The molecule has 0 bridgehead atoms. The Morgan fingerprint density at radius 2 is 2.19 bits per heavy atom. The summed E-state index contributed by atoms with van der Waals surface area (Å²) in [5, 5.41) is 3.37. The van der Waals surface area contributed by atoms with Crippen molar-refractivity contribution in [2.24, 2.45) is 5.92 Å². The summed E-state index contributed by atoms with van der Waals surface area (Å²) in [5.41, 5.74) is 2.17. The Hall–Kier alpha value is -1.40. The largest absolute Gasteiger partial charge is 0.327 e. The molecule has 3 rings (SSSR count). The van der Waals surface area contributed by atoms with Gasteiger partial charge in [-0.3, -0.25) is 0 Å². The van der Waals surface area contributed by atoms with Crippen LogP contribution in [0.4, 0.5) is 0 Å². The van der Waals surface area contributed by atoms with Gasteiger partial charge in [-0.05, 0) is 37.9 Å². The van der Waals surface area contributed by atoms with E-state index in [1.807, 2.05) is 18.2 Å². The van der Waals surface area contributed by atoms with E-state index >= 15 is 0 Å². The van der Waals surface area contributed by atoms with Crippen molar-refractivity contribution in [2.45, 2.75) is 26.4 Å². The smallest absolute Gasteiger partial charge is 0.150 e. The van der Waals surface area contributed by atoms with Crippen LogP contribution >= 0.6 is 0 Å². The molecule has 6 heteroatoms. The van der Waals surface area contributed by atoms with Crippen molar-refractivity contribution in [3.05, 3.63) is 30.1 Å². The third-order valence-corrected chi connectivity index (χ3v) is 5.93. The van der Waals surface area contributed by atoms with E-state index in [0.29, 0.717) is 18.1 Å². The molecule has 1 aliphatic heterocycles. The number of imidazole rings is 1. The molecule has 5 nitrogen and oxygen atoms in total. The van der Waals surface area contributed by atoms with Crippen LogP contribution in [0, 0.1) is 5.92 Å². The number of nitrogens with one attached hydrogen (secondary N) is 1. The first-order valence-electron chi connectivity index (χ1n) is 7.44. The van der Waals surface area contributed by atoms with Gasteiger partial charge in [0, 0.05) is 6.54 Å². The lowest BCUT2D eigenvalue weighted by atomic mass is 10.1. The highest BCUT2D eigenvalue weighted by Gasteiger charge is 2.27. The first-order chi connectivity index (χ1) is 10.1. The lowest BCUT2D eigenvalue weighted by molar-refractivity contribution is 0.507. The summed E-state index contributed by atoms with van der Waals surface area (Å²) in [4.78, 5) is 4.66. The van der Waals surface area contributed by atoms with Gasteiger partial charge in [0.1, 0.15) is 5.82 Å². The Balaban J connectivity index is 1.65. The summed E-state index contributed by atoms with van der Waals surface area (Å²) >= 11 is 0. The van der Waals surface area contributed by atoms with Crippen LogP contribution in [0.5, 0.6) is 0 Å². The minimum absolute atomic E-state index is 0.245. The highest BCUT2D eigenvalue weighted by atomic mass is 32.2. The van der Waals surface area contributed by atoms with Crippen molar-refractivity contribution < 1.29 is 8.42 Å². The summed E-state index contributed by atoms with van der Waals surface area (Å²) < 4.78 is 25.1. The molecule has 1 fully saturated rings. The Labute approximate surface area is 125 Å². The second kappa shape index (κ2) is 5.77. The van der Waals surface area contributed by atoms with Gasteiger partial charge in [0.15, 0.2) is 9.84 Å². The number of aromatic nitrogens is 2. The van der Waals surface area contributed by atoms with E-state index in [-0.39, 0.29) is 5.92 Å². The second-order valence-electron chi connectivity index (χ2n) is 5.66. The van der Waals surface area contributed by atoms with Crippen LogP contribution in [0.3, 0.4) is 0 Å². The summed E-state index contributed by atoms with van der Waals surface area (Å²) in [6, 6.07) is 8.13. The third kappa shape index (κ3) is 3.11. The van der Waals surface area contributed by atoms with Crippen LogP contribution in [0.15, 0.2) is 24.3 Å². The molecule has 0 saturated carbocycles. The molecular weight excluding hydrogens is 286 g/mol. The van der Waals surface area contributed by atoms with Crippen molar-refractivity contribution in [2.75, 3.05) is 18.1 Å². The van der Waals surface area contributed by atoms with Gasteiger partial charge in [-0.15, -0.1) is 0 Å². The van der Waals surface area contributed by atoms with E-state index in [4.69, 9.17) is 0 Å². The highest BCUT2D eigenvalue weighted by Crippen LogP contribution is 2.18. The molecule has 114 valence electrons. The van der Waals surface area contributed by atoms with Crippen molar-refractivity contribution in [3.8, 4) is 0 Å². The molecule has 1 unspecified atom stereocenters. The fraction of sp³-hybridized carbons (Fsp3) is 0.533. The van der Waals surface area contributed by atoms with Crippen molar-refractivity contribution in [1.82, 2.24) is 14.9 Å². The number of hydrogen-bond acceptors (Lipinski definition) is 4. The maximum atomic E-state index is 11.4. The number of aryl methyl sites for hydroxylation is 1. The van der Waals surface area contributed by atoms with Gasteiger partial charge in [-0.1, -0.05) is 12.1 Å². The third-order valence-electron chi connectivity index (χ3n) is 4.09. The minimum atomic E-state index is -2.78. The number of rotatable bonds is 5. The van der Waals surface area contributed by atoms with E-state index in [9.17, 15) is 8.42 Å². The Morgan fingerprint density at radius 3 is 2.90 bits per heavy atom. The average Bonchev–Trinajstić information content (AvgIpc) is 2.98. The predicted molar refractivity (Wildman–Crippen MR) is 83.9 cm³/mol. The van der Waals surface area contributed by atoms with Crippen molar-refractivity contribution >= 4 is 20.9 Å². The molecule has 1 aromatic heterocycles. The predicted octanol–water partition coefficient (Wildman–Crippen LogP) is 1.58. The molecule has 1 aliphatic rings. The molecular formula is C15H21N3O2S. The van der Waals surface area contributed by atoms with Gasteiger partial charge in [0.2, 0.25) is 0 Å². The number of nitrogens with zero attached hydrogens (tertiary/aromatic N) is 2. The molecule has 2 aromatic rings. The van der Waals surface area contributed by atoms with Crippen LogP contribution in [-0.2, 0) is 22.9 Å². The fourth-order valence-corrected chi connectivity index (χ4v) is 4.90. The number of sulfone groups is 1. The van der Waals surface area contributed by atoms with Gasteiger partial charge in [0.25, 0.3) is 0 Å². The van der Waals surface area contributed by atoms with Crippen molar-refractivity contribution in [3.63, 3.8) is 0 Å². The van der Waals surface area contributed by atoms with Gasteiger partial charge in [-0.2, -0.15) is 0 Å². The number of hydrogen-bond donors (Lipinski definition) is 1. The fourth-order valence-electron chi connectivity index (χ4n) is 3.03. The molecule has 0 amide bonds. The molecule has 1 saturated heterocycles. The standard InChI is InChI=1S/C15H21N3O2S/c1-2-18-14-6-4-3-5-13(14)17-15(18)10-16-9-12-7-8-21(19,20)11-12/h3-6,12,16H,2,7-11H2,1H3.